The molecule has 35 heavy (non-hydrogen) atoms. The van der Waals surface area contributed by atoms with Crippen LogP contribution in [0.25, 0.3) is 0 Å². The minimum Gasteiger partial charge on any atom is -0.457 e. The second-order valence-electron chi connectivity index (χ2n) is 7.92. The zero-order chi connectivity index (χ0) is 25.1. The molecule has 1 saturated heterocycles. The largest absolute Gasteiger partial charge is 0.457 e. The molecular formula is C26H18Cl3NO5. The predicted octanol–water partition coefficient (Wildman–Crippen LogP) is 5.66. The summed E-state index contributed by atoms with van der Waals surface area (Å²) in [7, 11) is 0. The van der Waals surface area contributed by atoms with Crippen molar-refractivity contribution >= 4 is 63.9 Å². The molecule has 0 radical (unpaired) electrons. The number of halogens is 3. The van der Waals surface area contributed by atoms with Crippen LogP contribution >= 0.6 is 34.8 Å². The molecule has 0 unspecified atom stereocenters. The van der Waals surface area contributed by atoms with Gasteiger partial charge in [0.2, 0.25) is 11.7 Å². The molecular weight excluding hydrogens is 513 g/mol. The monoisotopic (exact) mass is 529 g/mol. The number of amides is 1. The fourth-order valence-electron chi connectivity index (χ4n) is 3.82. The Labute approximate surface area is 216 Å². The average Bonchev–Trinajstić information content (AvgIpc) is 3.23. The number of carbonyl (C=O) groups excluding carboxylic acids is 4. The molecule has 1 aliphatic heterocycles. The Bertz CT molecular complexity index is 1330. The van der Waals surface area contributed by atoms with Gasteiger partial charge in [-0.15, -0.1) is 0 Å². The first-order valence-corrected chi connectivity index (χ1v) is 11.7. The molecule has 0 aromatic heterocycles. The second-order valence-corrected chi connectivity index (χ2v) is 9.20. The quantitative estimate of drug-likeness (QED) is 0.291. The highest BCUT2D eigenvalue weighted by Crippen LogP contribution is 2.32. The lowest BCUT2D eigenvalue weighted by molar-refractivity contribution is -0.147. The highest BCUT2D eigenvalue weighted by Gasteiger charge is 2.38. The number of Topliss-reactive ketones (excluding diaryl/α,β-unsaturated/α-hetero) is 1. The van der Waals surface area contributed by atoms with Crippen LogP contribution in [0.3, 0.4) is 0 Å². The lowest BCUT2D eigenvalue weighted by atomic mass is 10.0. The third kappa shape index (κ3) is 5.56. The highest BCUT2D eigenvalue weighted by molar-refractivity contribution is 6.37. The molecule has 1 aliphatic rings. The molecule has 4 rings (SSSR count). The topological polar surface area (TPSA) is 80.8 Å². The molecule has 9 heteroatoms. The first kappa shape index (κ1) is 24.9. The van der Waals surface area contributed by atoms with Crippen molar-refractivity contribution in [1.82, 2.24) is 0 Å². The van der Waals surface area contributed by atoms with E-state index in [1.807, 2.05) is 0 Å². The maximum absolute atomic E-state index is 13.1. The van der Waals surface area contributed by atoms with Crippen molar-refractivity contribution in [3.63, 3.8) is 0 Å². The zero-order valence-corrected chi connectivity index (χ0v) is 20.4. The summed E-state index contributed by atoms with van der Waals surface area (Å²) in [6, 6.07) is 17.7. The third-order valence-corrected chi connectivity index (χ3v) is 6.35. The van der Waals surface area contributed by atoms with Crippen LogP contribution in [-0.4, -0.2) is 36.6 Å². The first-order valence-electron chi connectivity index (χ1n) is 10.6. The van der Waals surface area contributed by atoms with E-state index < -0.39 is 24.3 Å². The van der Waals surface area contributed by atoms with E-state index in [9.17, 15) is 19.2 Å². The molecule has 1 atom stereocenters. The van der Waals surface area contributed by atoms with Gasteiger partial charge >= 0.3 is 5.97 Å². The van der Waals surface area contributed by atoms with Crippen molar-refractivity contribution in [3.8, 4) is 0 Å². The summed E-state index contributed by atoms with van der Waals surface area (Å²) in [5, 5.41) is 0.870. The number of hydrogen-bond acceptors (Lipinski definition) is 5. The maximum Gasteiger partial charge on any atom is 0.311 e. The van der Waals surface area contributed by atoms with Gasteiger partial charge in [-0.3, -0.25) is 19.2 Å². The van der Waals surface area contributed by atoms with Gasteiger partial charge in [0, 0.05) is 39.7 Å². The third-order valence-electron chi connectivity index (χ3n) is 5.57. The Morgan fingerprint density at radius 1 is 0.886 bits per heavy atom. The average molecular weight is 531 g/mol. The van der Waals surface area contributed by atoms with Crippen molar-refractivity contribution in [1.29, 1.82) is 0 Å². The number of rotatable bonds is 7. The summed E-state index contributed by atoms with van der Waals surface area (Å²) in [6.45, 7) is -0.520. The van der Waals surface area contributed by atoms with Gasteiger partial charge in [-0.05, 0) is 36.4 Å². The van der Waals surface area contributed by atoms with Crippen LogP contribution in [0.15, 0.2) is 66.7 Å². The van der Waals surface area contributed by atoms with Crippen molar-refractivity contribution in [2.24, 2.45) is 5.92 Å². The number of anilines is 1. The smallest absolute Gasteiger partial charge is 0.311 e. The molecule has 3 aromatic carbocycles. The molecule has 6 nitrogen and oxygen atoms in total. The van der Waals surface area contributed by atoms with Gasteiger partial charge in [-0.1, -0.05) is 65.1 Å². The molecule has 1 fully saturated rings. The van der Waals surface area contributed by atoms with Crippen molar-refractivity contribution < 1.29 is 23.9 Å². The van der Waals surface area contributed by atoms with E-state index in [0.29, 0.717) is 21.3 Å². The summed E-state index contributed by atoms with van der Waals surface area (Å²) in [4.78, 5) is 52.3. The van der Waals surface area contributed by atoms with Gasteiger partial charge in [-0.2, -0.15) is 0 Å². The molecule has 1 heterocycles. The first-order chi connectivity index (χ1) is 16.7. The second kappa shape index (κ2) is 10.6. The van der Waals surface area contributed by atoms with Crippen LogP contribution in [0.4, 0.5) is 5.69 Å². The Hall–Kier alpha value is -3.19. The molecule has 1 amide bonds. The molecule has 0 N–H and O–H groups in total. The van der Waals surface area contributed by atoms with Gasteiger partial charge in [-0.25, -0.2) is 0 Å². The van der Waals surface area contributed by atoms with Crippen LogP contribution in [0, 0.1) is 5.92 Å². The van der Waals surface area contributed by atoms with E-state index in [0.717, 1.165) is 0 Å². The summed E-state index contributed by atoms with van der Waals surface area (Å²) in [6.07, 6.45) is -0.115. The fraction of sp³-hybridized carbons (Fsp3) is 0.154. The van der Waals surface area contributed by atoms with E-state index >= 15 is 0 Å². The highest BCUT2D eigenvalue weighted by atomic mass is 35.5. The molecule has 0 bridgehead atoms. The van der Waals surface area contributed by atoms with E-state index in [1.165, 1.54) is 29.2 Å². The van der Waals surface area contributed by atoms with Crippen LogP contribution < -0.4 is 4.90 Å². The van der Waals surface area contributed by atoms with Crippen molar-refractivity contribution in [3.05, 3.63) is 98.5 Å². The number of esters is 1. The summed E-state index contributed by atoms with van der Waals surface area (Å²) in [5.41, 5.74) is 1.22. The van der Waals surface area contributed by atoms with Crippen LogP contribution in [-0.2, 0) is 14.3 Å². The summed E-state index contributed by atoms with van der Waals surface area (Å²) in [5.74, 6) is -2.62. The minimum atomic E-state index is -0.800. The SMILES string of the molecule is O=C(COC(=O)[C@H]1CC(=O)N(c2ccc(Cl)cc2C(=O)c2ccccc2)C1)c1ccc(Cl)cc1Cl. The summed E-state index contributed by atoms with van der Waals surface area (Å²) < 4.78 is 5.18. The lowest BCUT2D eigenvalue weighted by Gasteiger charge is -2.20. The van der Waals surface area contributed by atoms with Crippen molar-refractivity contribution in [2.75, 3.05) is 18.1 Å². The number of ether oxygens (including phenoxy) is 1. The van der Waals surface area contributed by atoms with E-state index in [2.05, 4.69) is 0 Å². The number of benzene rings is 3. The van der Waals surface area contributed by atoms with E-state index in [1.54, 1.807) is 42.5 Å². The number of carbonyl (C=O) groups is 4. The lowest BCUT2D eigenvalue weighted by Crippen LogP contribution is -2.28. The zero-order valence-electron chi connectivity index (χ0n) is 18.2. The van der Waals surface area contributed by atoms with Crippen LogP contribution in [0.1, 0.15) is 32.7 Å². The van der Waals surface area contributed by atoms with Crippen LogP contribution in [0.5, 0.6) is 0 Å². The Morgan fingerprint density at radius 2 is 1.57 bits per heavy atom. The Morgan fingerprint density at radius 3 is 2.29 bits per heavy atom. The predicted molar refractivity (Wildman–Crippen MR) is 134 cm³/mol. The number of nitrogens with zero attached hydrogens (tertiary/aromatic N) is 1. The van der Waals surface area contributed by atoms with Gasteiger partial charge < -0.3 is 9.64 Å². The minimum absolute atomic E-state index is 0.00423. The van der Waals surface area contributed by atoms with Gasteiger partial charge in [0.25, 0.3) is 0 Å². The standard InChI is InChI=1S/C26H18Cl3NO5/c27-17-7-9-22(20(11-17)25(33)15-4-2-1-3-5-15)30-13-16(10-24(30)32)26(34)35-14-23(31)19-8-6-18(28)12-21(19)29/h1-9,11-12,16H,10,13-14H2/t16-/m0/s1. The fourth-order valence-corrected chi connectivity index (χ4v) is 4.50. The maximum atomic E-state index is 13.1. The van der Waals surface area contributed by atoms with E-state index in [4.69, 9.17) is 39.5 Å². The Kier molecular flexibility index (Phi) is 7.55. The van der Waals surface area contributed by atoms with Crippen LogP contribution in [0.2, 0.25) is 15.1 Å². The Balaban J connectivity index is 1.48. The molecule has 0 spiro atoms. The summed E-state index contributed by atoms with van der Waals surface area (Å²) >= 11 is 18.0. The normalized spacial score (nSPS) is 15.2. The van der Waals surface area contributed by atoms with Gasteiger partial charge in [0.05, 0.1) is 16.6 Å². The molecule has 178 valence electrons. The molecule has 3 aromatic rings. The molecule has 0 saturated carbocycles. The number of hydrogen-bond donors (Lipinski definition) is 0. The van der Waals surface area contributed by atoms with E-state index in [-0.39, 0.29) is 40.8 Å². The number of ketones is 2. The van der Waals surface area contributed by atoms with Gasteiger partial charge in [0.15, 0.2) is 12.4 Å². The van der Waals surface area contributed by atoms with Gasteiger partial charge in [0.1, 0.15) is 0 Å². The van der Waals surface area contributed by atoms with Crippen molar-refractivity contribution in [2.45, 2.75) is 6.42 Å². The molecule has 0 aliphatic carbocycles.